The van der Waals surface area contributed by atoms with Gasteiger partial charge >= 0.3 is 0 Å². The van der Waals surface area contributed by atoms with Gasteiger partial charge in [-0.15, -0.1) is 0 Å². The molecule has 0 bridgehead atoms. The molecule has 0 saturated carbocycles. The van der Waals surface area contributed by atoms with Crippen LogP contribution in [0.5, 0.6) is 0 Å². The van der Waals surface area contributed by atoms with Crippen LogP contribution in [0.3, 0.4) is 0 Å². The Kier molecular flexibility index (Phi) is 5.69. The van der Waals surface area contributed by atoms with Gasteiger partial charge in [-0.2, -0.15) is 0 Å². The van der Waals surface area contributed by atoms with E-state index in [-0.39, 0.29) is 5.91 Å². The molecule has 1 rings (SSSR count). The Bertz CT molecular complexity index is 390. The molecular formula is C12H18N2O2S. The molecule has 0 aliphatic carbocycles. The van der Waals surface area contributed by atoms with Crippen molar-refractivity contribution in [1.29, 1.82) is 0 Å². The molecule has 0 fully saturated rings. The maximum Gasteiger partial charge on any atom is 0.251 e. The van der Waals surface area contributed by atoms with Crippen molar-refractivity contribution in [2.24, 2.45) is 0 Å². The molecule has 1 aromatic rings. The second kappa shape index (κ2) is 7.06. The third-order valence-corrected chi connectivity index (χ3v) is 2.98. The summed E-state index contributed by atoms with van der Waals surface area (Å²) in [6, 6.07) is 7.29. The minimum Gasteiger partial charge on any atom is -0.385 e. The molecule has 0 aliphatic heterocycles. The van der Waals surface area contributed by atoms with Gasteiger partial charge in [0.25, 0.3) is 5.91 Å². The van der Waals surface area contributed by atoms with E-state index in [2.05, 4.69) is 10.6 Å². The molecule has 0 aromatic heterocycles. The first-order valence-electron chi connectivity index (χ1n) is 5.55. The van der Waals surface area contributed by atoms with Crippen LogP contribution in [-0.4, -0.2) is 35.2 Å². The lowest BCUT2D eigenvalue weighted by Gasteiger charge is -2.06. The van der Waals surface area contributed by atoms with Gasteiger partial charge in [0, 0.05) is 47.1 Å². The van der Waals surface area contributed by atoms with Gasteiger partial charge < -0.3 is 10.6 Å². The number of benzene rings is 1. The van der Waals surface area contributed by atoms with Crippen LogP contribution in [0.2, 0.25) is 0 Å². The lowest BCUT2D eigenvalue weighted by atomic mass is 10.2. The molecule has 0 radical (unpaired) electrons. The van der Waals surface area contributed by atoms with Gasteiger partial charge in [0.1, 0.15) is 0 Å². The van der Waals surface area contributed by atoms with E-state index in [9.17, 15) is 9.00 Å². The average Bonchev–Trinajstić information content (AvgIpc) is 2.30. The normalized spacial score (nSPS) is 11.9. The predicted octanol–water partition coefficient (Wildman–Crippen LogP) is 1.23. The SMILES string of the molecule is CCNc1ccc(C(=O)NCCS(C)=O)cc1. The molecule has 4 nitrogen and oxygen atoms in total. The molecular weight excluding hydrogens is 236 g/mol. The van der Waals surface area contributed by atoms with Gasteiger partial charge in [0.15, 0.2) is 0 Å². The highest BCUT2D eigenvalue weighted by molar-refractivity contribution is 7.84. The number of carbonyl (C=O) groups is 1. The van der Waals surface area contributed by atoms with Crippen LogP contribution < -0.4 is 10.6 Å². The zero-order valence-corrected chi connectivity index (χ0v) is 11.0. The van der Waals surface area contributed by atoms with Crippen LogP contribution >= 0.6 is 0 Å². The fraction of sp³-hybridized carbons (Fsp3) is 0.417. The Balaban J connectivity index is 2.48. The van der Waals surface area contributed by atoms with Crippen LogP contribution in [0.25, 0.3) is 0 Å². The first-order valence-corrected chi connectivity index (χ1v) is 7.28. The van der Waals surface area contributed by atoms with E-state index in [0.717, 1.165) is 12.2 Å². The number of anilines is 1. The summed E-state index contributed by atoms with van der Waals surface area (Å²) in [4.78, 5) is 11.7. The molecule has 5 heteroatoms. The molecule has 94 valence electrons. The molecule has 17 heavy (non-hydrogen) atoms. The molecule has 0 heterocycles. The minimum atomic E-state index is -0.869. The van der Waals surface area contributed by atoms with Crippen molar-refractivity contribution >= 4 is 22.4 Å². The summed E-state index contributed by atoms with van der Waals surface area (Å²) in [6.07, 6.45) is 1.62. The Morgan fingerprint density at radius 2 is 1.94 bits per heavy atom. The second-order valence-corrected chi connectivity index (χ2v) is 5.20. The standard InChI is InChI=1S/C12H18N2O2S/c1-3-13-11-6-4-10(5-7-11)12(15)14-8-9-17(2)16/h4-7,13H,3,8-9H2,1-2H3,(H,14,15). The minimum absolute atomic E-state index is 0.126. The van der Waals surface area contributed by atoms with Crippen LogP contribution in [0.15, 0.2) is 24.3 Å². The highest BCUT2D eigenvalue weighted by Gasteiger charge is 2.04. The maximum absolute atomic E-state index is 11.7. The van der Waals surface area contributed by atoms with Crippen LogP contribution in [0.4, 0.5) is 5.69 Å². The third-order valence-electron chi connectivity index (χ3n) is 2.20. The first kappa shape index (κ1) is 13.7. The molecule has 0 spiro atoms. The van der Waals surface area contributed by atoms with E-state index in [1.54, 1.807) is 18.4 Å². The number of hydrogen-bond donors (Lipinski definition) is 2. The molecule has 2 N–H and O–H groups in total. The largest absolute Gasteiger partial charge is 0.385 e. The highest BCUT2D eigenvalue weighted by atomic mass is 32.2. The molecule has 0 saturated heterocycles. The topological polar surface area (TPSA) is 58.2 Å². The zero-order valence-electron chi connectivity index (χ0n) is 10.2. The summed E-state index contributed by atoms with van der Waals surface area (Å²) < 4.78 is 10.8. The lowest BCUT2D eigenvalue weighted by molar-refractivity contribution is 0.0956. The molecule has 1 unspecified atom stereocenters. The van der Waals surface area contributed by atoms with Crippen LogP contribution in [0.1, 0.15) is 17.3 Å². The van der Waals surface area contributed by atoms with Crippen molar-refractivity contribution in [1.82, 2.24) is 5.32 Å². The van der Waals surface area contributed by atoms with Crippen LogP contribution in [-0.2, 0) is 10.8 Å². The smallest absolute Gasteiger partial charge is 0.251 e. The average molecular weight is 254 g/mol. The molecule has 1 atom stereocenters. The second-order valence-electron chi connectivity index (χ2n) is 3.64. The number of amides is 1. The van der Waals surface area contributed by atoms with Gasteiger partial charge in [-0.25, -0.2) is 0 Å². The van der Waals surface area contributed by atoms with Crippen molar-refractivity contribution in [3.05, 3.63) is 29.8 Å². The van der Waals surface area contributed by atoms with Crippen molar-refractivity contribution in [2.45, 2.75) is 6.92 Å². The van der Waals surface area contributed by atoms with Crippen molar-refractivity contribution in [3.8, 4) is 0 Å². The summed E-state index contributed by atoms with van der Waals surface area (Å²) in [7, 11) is -0.869. The molecule has 0 aliphatic rings. The first-order chi connectivity index (χ1) is 8.13. The van der Waals surface area contributed by atoms with Gasteiger partial charge in [0.2, 0.25) is 0 Å². The van der Waals surface area contributed by atoms with Crippen molar-refractivity contribution < 1.29 is 9.00 Å². The van der Waals surface area contributed by atoms with Gasteiger partial charge in [-0.05, 0) is 31.2 Å². The zero-order chi connectivity index (χ0) is 12.7. The van der Waals surface area contributed by atoms with E-state index in [1.165, 1.54) is 0 Å². The van der Waals surface area contributed by atoms with E-state index in [4.69, 9.17) is 0 Å². The Hall–Kier alpha value is -1.36. The van der Waals surface area contributed by atoms with Crippen LogP contribution in [0, 0.1) is 0 Å². The summed E-state index contributed by atoms with van der Waals surface area (Å²) in [5.74, 6) is 0.361. The maximum atomic E-state index is 11.7. The number of rotatable bonds is 6. The van der Waals surface area contributed by atoms with E-state index in [0.29, 0.717) is 17.9 Å². The van der Waals surface area contributed by atoms with Gasteiger partial charge in [-0.3, -0.25) is 9.00 Å². The number of hydrogen-bond acceptors (Lipinski definition) is 3. The van der Waals surface area contributed by atoms with Crippen molar-refractivity contribution in [2.75, 3.05) is 30.4 Å². The quantitative estimate of drug-likeness (QED) is 0.802. The summed E-state index contributed by atoms with van der Waals surface area (Å²) >= 11 is 0. The third kappa shape index (κ3) is 4.99. The summed E-state index contributed by atoms with van der Waals surface area (Å²) in [5, 5.41) is 5.89. The summed E-state index contributed by atoms with van der Waals surface area (Å²) in [5.41, 5.74) is 1.62. The Morgan fingerprint density at radius 3 is 2.47 bits per heavy atom. The fourth-order valence-electron chi connectivity index (χ4n) is 1.35. The number of nitrogens with one attached hydrogen (secondary N) is 2. The Labute approximate surface area is 104 Å². The molecule has 1 aromatic carbocycles. The van der Waals surface area contributed by atoms with Gasteiger partial charge in [-0.1, -0.05) is 0 Å². The van der Waals surface area contributed by atoms with E-state index >= 15 is 0 Å². The molecule has 1 amide bonds. The van der Waals surface area contributed by atoms with Gasteiger partial charge in [0.05, 0.1) is 0 Å². The predicted molar refractivity (Wildman–Crippen MR) is 71.9 cm³/mol. The van der Waals surface area contributed by atoms with Crippen molar-refractivity contribution in [3.63, 3.8) is 0 Å². The monoisotopic (exact) mass is 254 g/mol. The fourth-order valence-corrected chi connectivity index (χ4v) is 1.74. The number of carbonyl (C=O) groups excluding carboxylic acids is 1. The highest BCUT2D eigenvalue weighted by Crippen LogP contribution is 2.08. The Morgan fingerprint density at radius 1 is 1.29 bits per heavy atom. The van der Waals surface area contributed by atoms with E-state index in [1.807, 2.05) is 19.1 Å². The summed E-state index contributed by atoms with van der Waals surface area (Å²) in [6.45, 7) is 3.32. The van der Waals surface area contributed by atoms with E-state index < -0.39 is 10.8 Å². The lowest BCUT2D eigenvalue weighted by Crippen LogP contribution is -2.27.